The number of nitrogens with zero attached hydrogens (tertiary/aromatic N) is 2. The van der Waals surface area contributed by atoms with Gasteiger partial charge in [-0.1, -0.05) is 0 Å². The van der Waals surface area contributed by atoms with Gasteiger partial charge in [0.05, 0.1) is 10.8 Å². The molecule has 154 valence electrons. The first-order valence-electron chi connectivity index (χ1n) is 9.26. The summed E-state index contributed by atoms with van der Waals surface area (Å²) in [7, 11) is -3.82. The van der Waals surface area contributed by atoms with Crippen LogP contribution in [0.25, 0.3) is 0 Å². The average Bonchev–Trinajstić information content (AvgIpc) is 3.16. The molecule has 0 spiro atoms. The first-order chi connectivity index (χ1) is 12.9. The molecule has 3 rings (SSSR count). The van der Waals surface area contributed by atoms with Crippen LogP contribution >= 0.6 is 11.8 Å². The van der Waals surface area contributed by atoms with E-state index in [2.05, 4.69) is 5.32 Å². The lowest BCUT2D eigenvalue weighted by Crippen LogP contribution is -2.52. The quantitative estimate of drug-likeness (QED) is 0.800. The van der Waals surface area contributed by atoms with Gasteiger partial charge in [0, 0.05) is 29.9 Å². The Bertz CT molecular complexity index is 908. The van der Waals surface area contributed by atoms with E-state index in [4.69, 9.17) is 0 Å². The maximum atomic E-state index is 13.3. The molecule has 1 saturated heterocycles. The Morgan fingerprint density at radius 3 is 2.54 bits per heavy atom. The van der Waals surface area contributed by atoms with Crippen LogP contribution in [0.3, 0.4) is 0 Å². The summed E-state index contributed by atoms with van der Waals surface area (Å²) in [6.45, 7) is 9.06. The SMILES string of the molecule is CC(=O)N1c2ccc(S(=O)(=O)N3CSCC3C(=O)NC(C)(C)C)cc2CC1C. The zero-order valence-electron chi connectivity index (χ0n) is 16.9. The second-order valence-electron chi connectivity index (χ2n) is 8.38. The van der Waals surface area contributed by atoms with Gasteiger partial charge in [-0.3, -0.25) is 9.59 Å². The lowest BCUT2D eigenvalue weighted by atomic mass is 10.1. The van der Waals surface area contributed by atoms with Crippen molar-refractivity contribution < 1.29 is 18.0 Å². The molecule has 2 aliphatic rings. The number of amides is 2. The smallest absolute Gasteiger partial charge is 0.244 e. The predicted octanol–water partition coefficient (Wildman–Crippen LogP) is 1.96. The fraction of sp³-hybridized carbons (Fsp3) is 0.579. The Hall–Kier alpha value is -1.58. The van der Waals surface area contributed by atoms with E-state index in [9.17, 15) is 18.0 Å². The predicted molar refractivity (Wildman–Crippen MR) is 111 cm³/mol. The van der Waals surface area contributed by atoms with Crippen LogP contribution in [-0.4, -0.2) is 53.8 Å². The number of carbonyl (C=O) groups excluding carboxylic acids is 2. The van der Waals surface area contributed by atoms with Gasteiger partial charge in [-0.05, 0) is 57.9 Å². The number of hydrogen-bond donors (Lipinski definition) is 1. The molecule has 0 saturated carbocycles. The molecule has 28 heavy (non-hydrogen) atoms. The van der Waals surface area contributed by atoms with E-state index in [1.165, 1.54) is 29.1 Å². The monoisotopic (exact) mass is 425 g/mol. The maximum absolute atomic E-state index is 13.3. The molecule has 2 heterocycles. The molecule has 0 radical (unpaired) electrons. The molecular weight excluding hydrogens is 398 g/mol. The van der Waals surface area contributed by atoms with Crippen LogP contribution in [0, 0.1) is 0 Å². The summed E-state index contributed by atoms with van der Waals surface area (Å²) >= 11 is 1.43. The molecule has 1 fully saturated rings. The van der Waals surface area contributed by atoms with Gasteiger partial charge in [-0.15, -0.1) is 11.8 Å². The van der Waals surface area contributed by atoms with Crippen molar-refractivity contribution in [3.63, 3.8) is 0 Å². The average molecular weight is 426 g/mol. The van der Waals surface area contributed by atoms with Crippen LogP contribution in [0.15, 0.2) is 23.1 Å². The van der Waals surface area contributed by atoms with Crippen molar-refractivity contribution in [3.05, 3.63) is 23.8 Å². The van der Waals surface area contributed by atoms with E-state index in [0.717, 1.165) is 11.3 Å². The van der Waals surface area contributed by atoms with Crippen LogP contribution in [0.5, 0.6) is 0 Å². The highest BCUT2D eigenvalue weighted by Gasteiger charge is 2.41. The molecule has 0 bridgehead atoms. The van der Waals surface area contributed by atoms with Crippen molar-refractivity contribution in [1.82, 2.24) is 9.62 Å². The van der Waals surface area contributed by atoms with Crippen LogP contribution in [-0.2, 0) is 26.0 Å². The number of fused-ring (bicyclic) bond motifs is 1. The minimum Gasteiger partial charge on any atom is -0.350 e. The van der Waals surface area contributed by atoms with Crippen LogP contribution in [0.1, 0.15) is 40.2 Å². The molecule has 2 amide bonds. The third-order valence-corrected chi connectivity index (χ3v) is 7.88. The van der Waals surface area contributed by atoms with Gasteiger partial charge < -0.3 is 10.2 Å². The van der Waals surface area contributed by atoms with Gasteiger partial charge in [0.15, 0.2) is 0 Å². The second kappa shape index (κ2) is 7.35. The Labute approximate surface area is 170 Å². The van der Waals surface area contributed by atoms with Crippen molar-refractivity contribution in [2.45, 2.75) is 63.6 Å². The third kappa shape index (κ3) is 3.92. The van der Waals surface area contributed by atoms with Crippen molar-refractivity contribution in [3.8, 4) is 0 Å². The number of nitrogens with one attached hydrogen (secondary N) is 1. The molecule has 0 aromatic heterocycles. The zero-order chi connectivity index (χ0) is 20.9. The van der Waals surface area contributed by atoms with Gasteiger partial charge in [-0.25, -0.2) is 8.42 Å². The highest BCUT2D eigenvalue weighted by atomic mass is 32.2. The first kappa shape index (κ1) is 21.1. The van der Waals surface area contributed by atoms with E-state index in [0.29, 0.717) is 12.2 Å². The number of carbonyl (C=O) groups is 2. The number of benzene rings is 1. The minimum absolute atomic E-state index is 0.00175. The van der Waals surface area contributed by atoms with E-state index in [1.807, 2.05) is 27.7 Å². The van der Waals surface area contributed by atoms with Crippen LogP contribution in [0.4, 0.5) is 5.69 Å². The molecule has 2 unspecified atom stereocenters. The highest BCUT2D eigenvalue weighted by molar-refractivity contribution is 8.00. The number of thioether (sulfide) groups is 1. The summed E-state index contributed by atoms with van der Waals surface area (Å²) in [4.78, 5) is 26.4. The Morgan fingerprint density at radius 2 is 1.93 bits per heavy atom. The highest BCUT2D eigenvalue weighted by Crippen LogP contribution is 2.36. The van der Waals surface area contributed by atoms with E-state index >= 15 is 0 Å². The molecule has 2 atom stereocenters. The standard InChI is InChI=1S/C19H27N3O4S2/c1-12-8-14-9-15(6-7-16(14)22(12)13(2)23)28(25,26)21-11-27-10-17(21)18(24)20-19(3,4)5/h6-7,9,12,17H,8,10-11H2,1-5H3,(H,20,24). The number of anilines is 1. The van der Waals surface area contributed by atoms with E-state index in [-0.39, 0.29) is 28.6 Å². The van der Waals surface area contributed by atoms with E-state index in [1.54, 1.807) is 17.0 Å². The molecule has 9 heteroatoms. The minimum atomic E-state index is -3.82. The molecule has 1 N–H and O–H groups in total. The molecule has 2 aliphatic heterocycles. The van der Waals surface area contributed by atoms with Gasteiger partial charge in [0.1, 0.15) is 6.04 Å². The Morgan fingerprint density at radius 1 is 1.25 bits per heavy atom. The topological polar surface area (TPSA) is 86.8 Å². The summed E-state index contributed by atoms with van der Waals surface area (Å²) in [5.41, 5.74) is 1.17. The van der Waals surface area contributed by atoms with Gasteiger partial charge in [0.2, 0.25) is 21.8 Å². The van der Waals surface area contributed by atoms with Crippen molar-refractivity contribution >= 4 is 39.3 Å². The van der Waals surface area contributed by atoms with Gasteiger partial charge >= 0.3 is 0 Å². The van der Waals surface area contributed by atoms with E-state index < -0.39 is 21.6 Å². The molecule has 0 aliphatic carbocycles. The molecular formula is C19H27N3O4S2. The first-order valence-corrected chi connectivity index (χ1v) is 11.9. The third-order valence-electron chi connectivity index (χ3n) is 4.86. The lowest BCUT2D eigenvalue weighted by molar-refractivity contribution is -0.125. The van der Waals surface area contributed by atoms with Crippen molar-refractivity contribution in [1.29, 1.82) is 0 Å². The second-order valence-corrected chi connectivity index (χ2v) is 11.3. The fourth-order valence-electron chi connectivity index (χ4n) is 3.71. The maximum Gasteiger partial charge on any atom is 0.244 e. The van der Waals surface area contributed by atoms with Gasteiger partial charge in [0.25, 0.3) is 0 Å². The van der Waals surface area contributed by atoms with Crippen molar-refractivity contribution in [2.24, 2.45) is 0 Å². The van der Waals surface area contributed by atoms with Crippen LogP contribution < -0.4 is 10.2 Å². The summed E-state index contributed by atoms with van der Waals surface area (Å²) in [6, 6.07) is 4.14. The largest absolute Gasteiger partial charge is 0.350 e. The summed E-state index contributed by atoms with van der Waals surface area (Å²) in [5.74, 6) is 0.342. The normalized spacial score (nSPS) is 23.0. The summed E-state index contributed by atoms with van der Waals surface area (Å²) in [5, 5.41) is 2.88. The van der Waals surface area contributed by atoms with Crippen LogP contribution in [0.2, 0.25) is 0 Å². The van der Waals surface area contributed by atoms with Crippen molar-refractivity contribution in [2.75, 3.05) is 16.5 Å². The molecule has 1 aromatic rings. The summed E-state index contributed by atoms with van der Waals surface area (Å²) < 4.78 is 27.8. The number of rotatable bonds is 3. The fourth-order valence-corrected chi connectivity index (χ4v) is 6.91. The summed E-state index contributed by atoms with van der Waals surface area (Å²) in [6.07, 6.45) is 0.612. The number of sulfonamides is 1. The van der Waals surface area contributed by atoms with Gasteiger partial charge in [-0.2, -0.15) is 4.31 Å². The lowest BCUT2D eigenvalue weighted by Gasteiger charge is -2.27. The number of hydrogen-bond acceptors (Lipinski definition) is 5. The molecule has 7 nitrogen and oxygen atoms in total. The molecule has 1 aromatic carbocycles. The Kier molecular flexibility index (Phi) is 5.55. The Balaban J connectivity index is 1.90. The zero-order valence-corrected chi connectivity index (χ0v) is 18.5.